The van der Waals surface area contributed by atoms with Gasteiger partial charge < -0.3 is 5.73 Å². The first-order chi connectivity index (χ1) is 9.19. The maximum absolute atomic E-state index is 12.0. The Bertz CT molecular complexity index is 654. The van der Waals surface area contributed by atoms with Gasteiger partial charge in [-0.2, -0.15) is 0 Å². The summed E-state index contributed by atoms with van der Waals surface area (Å²) in [6.07, 6.45) is 3.08. The van der Waals surface area contributed by atoms with Gasteiger partial charge in [0.05, 0.1) is 17.8 Å². The number of carbonyl (C=O) groups is 1. The highest BCUT2D eigenvalue weighted by Gasteiger charge is 2.08. The highest BCUT2D eigenvalue weighted by Crippen LogP contribution is 2.15. The average molecular weight is 272 g/mol. The van der Waals surface area contributed by atoms with Crippen LogP contribution in [0.2, 0.25) is 0 Å². The second-order valence-electron chi connectivity index (χ2n) is 3.72. The van der Waals surface area contributed by atoms with Crippen LogP contribution in [0.4, 0.5) is 5.13 Å². The van der Waals surface area contributed by atoms with Crippen LogP contribution < -0.4 is 11.1 Å². The predicted octanol–water partition coefficient (Wildman–Crippen LogP) is 1.41. The molecule has 0 atom stereocenters. The summed E-state index contributed by atoms with van der Waals surface area (Å²) in [6, 6.07) is 1.67. The molecule has 19 heavy (non-hydrogen) atoms. The fraction of sp³-hybridized carbons (Fsp3) is 0.154. The molecule has 0 aromatic carbocycles. The third-order valence-corrected chi connectivity index (χ3v) is 3.05. The zero-order chi connectivity index (χ0) is 13.7. The summed E-state index contributed by atoms with van der Waals surface area (Å²) in [6.45, 7) is 2.14. The average Bonchev–Trinajstić information content (AvgIpc) is 2.82. The number of nitrogens with zero attached hydrogens (tertiary/aromatic N) is 2. The summed E-state index contributed by atoms with van der Waals surface area (Å²) >= 11 is 1.38. The Morgan fingerprint density at radius 3 is 3.05 bits per heavy atom. The van der Waals surface area contributed by atoms with E-state index < -0.39 is 0 Å². The fourth-order valence-electron chi connectivity index (χ4n) is 1.37. The number of hydrogen-bond acceptors (Lipinski definition) is 5. The predicted molar refractivity (Wildman–Crippen MR) is 75.0 cm³/mol. The van der Waals surface area contributed by atoms with E-state index in [0.717, 1.165) is 5.69 Å². The quantitative estimate of drug-likeness (QED) is 0.810. The minimum atomic E-state index is -0.252. The van der Waals surface area contributed by atoms with Crippen molar-refractivity contribution in [2.75, 3.05) is 11.9 Å². The molecule has 0 saturated carbocycles. The van der Waals surface area contributed by atoms with Crippen molar-refractivity contribution in [1.82, 2.24) is 9.97 Å². The number of nitrogens with one attached hydrogen (secondary N) is 1. The first kappa shape index (κ1) is 13.2. The largest absolute Gasteiger partial charge is 0.320 e. The minimum absolute atomic E-state index is 0.252. The van der Waals surface area contributed by atoms with Gasteiger partial charge in [-0.15, -0.1) is 11.3 Å². The van der Waals surface area contributed by atoms with E-state index in [0.29, 0.717) is 16.3 Å². The molecule has 0 unspecified atom stereocenters. The lowest BCUT2D eigenvalue weighted by Gasteiger charge is -2.01. The van der Waals surface area contributed by atoms with Crippen LogP contribution >= 0.6 is 11.3 Å². The summed E-state index contributed by atoms with van der Waals surface area (Å²) in [5, 5.41) is 5.16. The lowest BCUT2D eigenvalue weighted by atomic mass is 10.2. The smallest absolute Gasteiger partial charge is 0.259 e. The molecular weight excluding hydrogens is 260 g/mol. The topological polar surface area (TPSA) is 80.9 Å². The van der Waals surface area contributed by atoms with Crippen LogP contribution in [-0.2, 0) is 0 Å². The molecule has 2 aromatic heterocycles. The number of rotatable bonds is 2. The van der Waals surface area contributed by atoms with E-state index in [1.165, 1.54) is 17.5 Å². The first-order valence-corrected chi connectivity index (χ1v) is 6.44. The van der Waals surface area contributed by atoms with Crippen molar-refractivity contribution in [3.05, 3.63) is 40.7 Å². The highest BCUT2D eigenvalue weighted by molar-refractivity contribution is 7.13. The van der Waals surface area contributed by atoms with Gasteiger partial charge in [0, 0.05) is 23.3 Å². The van der Waals surface area contributed by atoms with E-state index in [4.69, 9.17) is 5.73 Å². The SMILES string of the molecule is Cc1csc(NC(=O)c2cncc(C#CCN)c2)n1. The van der Waals surface area contributed by atoms with E-state index in [-0.39, 0.29) is 12.5 Å². The van der Waals surface area contributed by atoms with Crippen LogP contribution in [0.1, 0.15) is 21.6 Å². The van der Waals surface area contributed by atoms with Gasteiger partial charge in [-0.25, -0.2) is 4.98 Å². The molecule has 96 valence electrons. The number of aryl methyl sites for hydroxylation is 1. The van der Waals surface area contributed by atoms with Crippen molar-refractivity contribution in [1.29, 1.82) is 0 Å². The van der Waals surface area contributed by atoms with E-state index in [1.54, 1.807) is 12.3 Å². The summed E-state index contributed by atoms with van der Waals surface area (Å²) in [7, 11) is 0. The number of aromatic nitrogens is 2. The van der Waals surface area contributed by atoms with E-state index in [2.05, 4.69) is 27.1 Å². The molecule has 2 aromatic rings. The Hall–Kier alpha value is -2.23. The van der Waals surface area contributed by atoms with Crippen LogP contribution in [0.25, 0.3) is 0 Å². The van der Waals surface area contributed by atoms with Crippen LogP contribution in [0.15, 0.2) is 23.8 Å². The third-order valence-electron chi connectivity index (χ3n) is 2.17. The van der Waals surface area contributed by atoms with E-state index >= 15 is 0 Å². The standard InChI is InChI=1S/C13H12N4OS/c1-9-8-19-13(16-9)17-12(18)11-5-10(3-2-4-14)6-15-7-11/h5-8H,4,14H2,1H3,(H,16,17,18). The fourth-order valence-corrected chi connectivity index (χ4v) is 2.05. The molecule has 0 saturated heterocycles. The minimum Gasteiger partial charge on any atom is -0.320 e. The van der Waals surface area contributed by atoms with Crippen molar-refractivity contribution in [2.24, 2.45) is 5.73 Å². The number of thiazole rings is 1. The van der Waals surface area contributed by atoms with Crippen LogP contribution in [0, 0.1) is 18.8 Å². The summed E-state index contributed by atoms with van der Waals surface area (Å²) in [4.78, 5) is 20.1. The first-order valence-electron chi connectivity index (χ1n) is 5.56. The molecule has 0 radical (unpaired) electrons. The molecule has 0 spiro atoms. The van der Waals surface area contributed by atoms with Gasteiger partial charge in [0.25, 0.3) is 5.91 Å². The Kier molecular flexibility index (Phi) is 4.23. The second kappa shape index (κ2) is 6.09. The molecular formula is C13H12N4OS. The molecule has 0 aliphatic rings. The number of carbonyl (C=O) groups excluding carboxylic acids is 1. The van der Waals surface area contributed by atoms with Gasteiger partial charge in [0.1, 0.15) is 0 Å². The molecule has 2 heterocycles. The number of amides is 1. The molecule has 1 amide bonds. The zero-order valence-corrected chi connectivity index (χ0v) is 11.1. The van der Waals surface area contributed by atoms with Gasteiger partial charge >= 0.3 is 0 Å². The summed E-state index contributed by atoms with van der Waals surface area (Å²) in [5.74, 6) is 5.30. The van der Waals surface area contributed by atoms with Crippen LogP contribution in [0.3, 0.4) is 0 Å². The van der Waals surface area contributed by atoms with Gasteiger partial charge in [0.15, 0.2) is 5.13 Å². The Morgan fingerprint density at radius 1 is 1.53 bits per heavy atom. The van der Waals surface area contributed by atoms with Crippen molar-refractivity contribution >= 4 is 22.4 Å². The van der Waals surface area contributed by atoms with Crippen LogP contribution in [-0.4, -0.2) is 22.4 Å². The second-order valence-corrected chi connectivity index (χ2v) is 4.57. The summed E-state index contributed by atoms with van der Waals surface area (Å²) in [5.41, 5.74) is 7.28. The lowest BCUT2D eigenvalue weighted by Crippen LogP contribution is -2.12. The van der Waals surface area contributed by atoms with Gasteiger partial charge in [-0.05, 0) is 13.0 Å². The van der Waals surface area contributed by atoms with Gasteiger partial charge in [0.2, 0.25) is 0 Å². The van der Waals surface area contributed by atoms with Crippen LogP contribution in [0.5, 0.6) is 0 Å². The van der Waals surface area contributed by atoms with Gasteiger partial charge in [-0.3, -0.25) is 15.1 Å². The molecule has 3 N–H and O–H groups in total. The maximum Gasteiger partial charge on any atom is 0.259 e. The number of anilines is 1. The van der Waals surface area contributed by atoms with Gasteiger partial charge in [-0.1, -0.05) is 11.8 Å². The Balaban J connectivity index is 2.15. The van der Waals surface area contributed by atoms with Crippen molar-refractivity contribution < 1.29 is 4.79 Å². The van der Waals surface area contributed by atoms with Crippen molar-refractivity contribution in [3.8, 4) is 11.8 Å². The van der Waals surface area contributed by atoms with E-state index in [9.17, 15) is 4.79 Å². The normalized spacial score (nSPS) is 9.58. The Labute approximate surface area is 114 Å². The Morgan fingerprint density at radius 2 is 2.37 bits per heavy atom. The summed E-state index contributed by atoms with van der Waals surface area (Å²) < 4.78 is 0. The third kappa shape index (κ3) is 3.61. The monoisotopic (exact) mass is 272 g/mol. The molecule has 6 heteroatoms. The van der Waals surface area contributed by atoms with Crippen molar-refractivity contribution in [3.63, 3.8) is 0 Å². The van der Waals surface area contributed by atoms with Crippen molar-refractivity contribution in [2.45, 2.75) is 6.92 Å². The molecule has 5 nitrogen and oxygen atoms in total. The number of hydrogen-bond donors (Lipinski definition) is 2. The highest BCUT2D eigenvalue weighted by atomic mass is 32.1. The molecule has 2 rings (SSSR count). The lowest BCUT2D eigenvalue weighted by molar-refractivity contribution is 0.102. The number of nitrogens with two attached hydrogens (primary N) is 1. The molecule has 0 fully saturated rings. The zero-order valence-electron chi connectivity index (χ0n) is 10.3. The molecule has 0 bridgehead atoms. The maximum atomic E-state index is 12.0. The molecule has 0 aliphatic carbocycles. The van der Waals surface area contributed by atoms with E-state index in [1.807, 2.05) is 12.3 Å². The number of pyridine rings is 1. The molecule has 0 aliphatic heterocycles.